The topological polar surface area (TPSA) is 84.7 Å². The molecule has 3 N–H and O–H groups in total. The molecule has 1 saturated heterocycles. The number of ether oxygens (including phenoxy) is 1. The molecule has 144 valence electrons. The second-order valence-corrected chi connectivity index (χ2v) is 6.60. The van der Waals surface area contributed by atoms with Gasteiger partial charge in [-0.15, -0.1) is 12.4 Å². The Morgan fingerprint density at radius 1 is 1.26 bits per heavy atom. The molecule has 1 aliphatic heterocycles. The second kappa shape index (κ2) is 8.77. The molecule has 1 fully saturated rings. The molecule has 2 aromatic rings. The molecule has 0 saturated carbocycles. The number of carbonyl (C=O) groups excluding carboxylic acids is 2. The summed E-state index contributed by atoms with van der Waals surface area (Å²) in [6.07, 6.45) is 0.210. The summed E-state index contributed by atoms with van der Waals surface area (Å²) in [5.74, 6) is 0.00518. The van der Waals surface area contributed by atoms with Crippen LogP contribution < -0.4 is 15.8 Å². The summed E-state index contributed by atoms with van der Waals surface area (Å²) in [5, 5.41) is 2.82. The normalized spacial score (nSPS) is 16.0. The van der Waals surface area contributed by atoms with Crippen molar-refractivity contribution in [1.82, 2.24) is 4.90 Å². The molecule has 2 aromatic carbocycles. The van der Waals surface area contributed by atoms with E-state index in [1.165, 1.54) is 5.56 Å². The van der Waals surface area contributed by atoms with Gasteiger partial charge in [-0.2, -0.15) is 0 Å². The number of nitrogens with zero attached hydrogens (tertiary/aromatic N) is 1. The summed E-state index contributed by atoms with van der Waals surface area (Å²) >= 11 is 0. The first-order valence-corrected chi connectivity index (χ1v) is 8.54. The fraction of sp³-hybridized carbons (Fsp3) is 0.300. The number of halogens is 1. The second-order valence-electron chi connectivity index (χ2n) is 6.60. The molecule has 2 amide bonds. The van der Waals surface area contributed by atoms with Crippen LogP contribution in [0.3, 0.4) is 0 Å². The van der Waals surface area contributed by atoms with Crippen molar-refractivity contribution in [3.8, 4) is 5.75 Å². The molecular weight excluding hydrogens is 366 g/mol. The van der Waals surface area contributed by atoms with Crippen molar-refractivity contribution < 1.29 is 14.3 Å². The number of benzene rings is 2. The summed E-state index contributed by atoms with van der Waals surface area (Å²) in [7, 11) is 1.55. The number of nitrogens with one attached hydrogen (secondary N) is 1. The van der Waals surface area contributed by atoms with Gasteiger partial charge in [0.1, 0.15) is 5.75 Å². The van der Waals surface area contributed by atoms with Crippen molar-refractivity contribution in [2.75, 3.05) is 24.7 Å². The number of hydrogen-bond donors (Lipinski definition) is 2. The first-order chi connectivity index (χ1) is 12.5. The standard InChI is InChI=1S/C20H23N3O3.ClH/c1-13-3-5-14(6-4-13)11-23-12-15(9-19(23)24)20(25)22-18-10-16(26-2)7-8-17(18)21;/h3-8,10,15H,9,11-12,21H2,1-2H3,(H,22,25);1H. The molecule has 0 spiro atoms. The number of amides is 2. The number of carbonyl (C=O) groups is 2. The minimum absolute atomic E-state index is 0. The number of hydrogen-bond acceptors (Lipinski definition) is 4. The minimum atomic E-state index is -0.390. The van der Waals surface area contributed by atoms with Gasteiger partial charge in [0, 0.05) is 25.6 Å². The van der Waals surface area contributed by atoms with Gasteiger partial charge in [-0.1, -0.05) is 29.8 Å². The molecule has 0 bridgehead atoms. The number of nitrogens with two attached hydrogens (primary N) is 1. The molecule has 27 heavy (non-hydrogen) atoms. The largest absolute Gasteiger partial charge is 0.497 e. The highest BCUT2D eigenvalue weighted by Crippen LogP contribution is 2.27. The van der Waals surface area contributed by atoms with E-state index in [-0.39, 0.29) is 30.6 Å². The van der Waals surface area contributed by atoms with E-state index >= 15 is 0 Å². The molecule has 1 unspecified atom stereocenters. The van der Waals surface area contributed by atoms with E-state index in [9.17, 15) is 9.59 Å². The lowest BCUT2D eigenvalue weighted by molar-refractivity contribution is -0.128. The van der Waals surface area contributed by atoms with Crippen LogP contribution in [0.2, 0.25) is 0 Å². The third-order valence-corrected chi connectivity index (χ3v) is 4.60. The third kappa shape index (κ3) is 4.92. The zero-order valence-electron chi connectivity index (χ0n) is 15.4. The van der Waals surface area contributed by atoms with E-state index in [0.29, 0.717) is 30.2 Å². The lowest BCUT2D eigenvalue weighted by atomic mass is 10.1. The fourth-order valence-electron chi connectivity index (χ4n) is 3.02. The predicted molar refractivity (Wildman–Crippen MR) is 108 cm³/mol. The van der Waals surface area contributed by atoms with Gasteiger partial charge in [0.15, 0.2) is 0 Å². The van der Waals surface area contributed by atoms with Crippen molar-refractivity contribution in [2.24, 2.45) is 5.92 Å². The smallest absolute Gasteiger partial charge is 0.229 e. The van der Waals surface area contributed by atoms with Gasteiger partial charge in [0.2, 0.25) is 11.8 Å². The number of rotatable bonds is 5. The lowest BCUT2D eigenvalue weighted by Crippen LogP contribution is -2.28. The summed E-state index contributed by atoms with van der Waals surface area (Å²) in [6.45, 7) is 2.95. The van der Waals surface area contributed by atoms with Gasteiger partial charge in [-0.3, -0.25) is 9.59 Å². The van der Waals surface area contributed by atoms with Gasteiger partial charge in [0.25, 0.3) is 0 Å². The average Bonchev–Trinajstić information content (AvgIpc) is 2.99. The van der Waals surface area contributed by atoms with E-state index in [1.807, 2.05) is 31.2 Å². The number of aryl methyl sites for hydroxylation is 1. The van der Waals surface area contributed by atoms with Crippen LogP contribution in [0.1, 0.15) is 17.5 Å². The maximum Gasteiger partial charge on any atom is 0.229 e. The van der Waals surface area contributed by atoms with Crippen molar-refractivity contribution in [1.29, 1.82) is 0 Å². The maximum absolute atomic E-state index is 12.6. The van der Waals surface area contributed by atoms with E-state index in [0.717, 1.165) is 5.56 Å². The molecule has 1 atom stereocenters. The summed E-state index contributed by atoms with van der Waals surface area (Å²) in [4.78, 5) is 26.6. The first-order valence-electron chi connectivity index (χ1n) is 8.54. The Hall–Kier alpha value is -2.73. The van der Waals surface area contributed by atoms with Gasteiger partial charge in [0.05, 0.1) is 24.4 Å². The highest BCUT2D eigenvalue weighted by Gasteiger charge is 2.34. The summed E-state index contributed by atoms with van der Waals surface area (Å²) in [6, 6.07) is 13.1. The van der Waals surface area contributed by atoms with Crippen molar-refractivity contribution in [3.63, 3.8) is 0 Å². The molecular formula is C20H24ClN3O3. The van der Waals surface area contributed by atoms with Crippen LogP contribution >= 0.6 is 12.4 Å². The zero-order valence-corrected chi connectivity index (χ0v) is 16.2. The average molecular weight is 390 g/mol. The molecule has 6 nitrogen and oxygen atoms in total. The van der Waals surface area contributed by atoms with Crippen LogP contribution in [-0.4, -0.2) is 30.4 Å². The first kappa shape index (κ1) is 20.6. The van der Waals surface area contributed by atoms with Crippen LogP contribution in [0.15, 0.2) is 42.5 Å². The SMILES string of the molecule is COc1ccc(N)c(NC(=O)C2CC(=O)N(Cc3ccc(C)cc3)C2)c1.Cl. The van der Waals surface area contributed by atoms with Crippen LogP contribution in [0.5, 0.6) is 5.75 Å². The minimum Gasteiger partial charge on any atom is -0.497 e. The van der Waals surface area contributed by atoms with Gasteiger partial charge in [-0.25, -0.2) is 0 Å². The Kier molecular flexibility index (Phi) is 6.69. The van der Waals surface area contributed by atoms with E-state index in [1.54, 1.807) is 30.2 Å². The maximum atomic E-state index is 12.6. The molecule has 0 aliphatic carbocycles. The predicted octanol–water partition coefficient (Wildman–Crippen LogP) is 2.99. The van der Waals surface area contributed by atoms with Crippen LogP contribution in [-0.2, 0) is 16.1 Å². The van der Waals surface area contributed by atoms with Crippen molar-refractivity contribution in [3.05, 3.63) is 53.6 Å². The fourth-order valence-corrected chi connectivity index (χ4v) is 3.02. The van der Waals surface area contributed by atoms with E-state index in [2.05, 4.69) is 5.32 Å². The van der Waals surface area contributed by atoms with E-state index in [4.69, 9.17) is 10.5 Å². The van der Waals surface area contributed by atoms with Gasteiger partial charge < -0.3 is 20.7 Å². The third-order valence-electron chi connectivity index (χ3n) is 4.60. The lowest BCUT2D eigenvalue weighted by Gasteiger charge is -2.17. The summed E-state index contributed by atoms with van der Waals surface area (Å²) < 4.78 is 5.16. The Bertz CT molecular complexity index is 824. The quantitative estimate of drug-likeness (QED) is 0.770. The Morgan fingerprint density at radius 2 is 1.96 bits per heavy atom. The van der Waals surface area contributed by atoms with Crippen molar-refractivity contribution in [2.45, 2.75) is 19.9 Å². The highest BCUT2D eigenvalue weighted by molar-refractivity contribution is 5.99. The molecule has 1 heterocycles. The van der Waals surface area contributed by atoms with Gasteiger partial charge in [-0.05, 0) is 24.6 Å². The number of nitrogen functional groups attached to an aromatic ring is 1. The number of methoxy groups -OCH3 is 1. The Labute approximate surface area is 165 Å². The molecule has 7 heteroatoms. The van der Waals surface area contributed by atoms with Crippen LogP contribution in [0.4, 0.5) is 11.4 Å². The van der Waals surface area contributed by atoms with Gasteiger partial charge >= 0.3 is 0 Å². The molecule has 0 radical (unpaired) electrons. The summed E-state index contributed by atoms with van der Waals surface area (Å²) in [5.41, 5.74) is 9.10. The zero-order chi connectivity index (χ0) is 18.7. The number of anilines is 2. The van der Waals surface area contributed by atoms with Crippen molar-refractivity contribution >= 4 is 35.6 Å². The number of likely N-dealkylation sites (tertiary alicyclic amines) is 1. The monoisotopic (exact) mass is 389 g/mol. The molecule has 3 rings (SSSR count). The van der Waals surface area contributed by atoms with Crippen LogP contribution in [0, 0.1) is 12.8 Å². The highest BCUT2D eigenvalue weighted by atomic mass is 35.5. The molecule has 0 aromatic heterocycles. The Morgan fingerprint density at radius 3 is 2.63 bits per heavy atom. The van der Waals surface area contributed by atoms with E-state index < -0.39 is 5.92 Å². The Balaban J connectivity index is 0.00000261. The van der Waals surface area contributed by atoms with Crippen LogP contribution in [0.25, 0.3) is 0 Å². The molecule has 1 aliphatic rings.